The van der Waals surface area contributed by atoms with Gasteiger partial charge in [-0.3, -0.25) is 0 Å². The van der Waals surface area contributed by atoms with E-state index >= 15 is 0 Å². The number of hydrogen-bond donors (Lipinski definition) is 1. The Hall–Kier alpha value is -1.11. The van der Waals surface area contributed by atoms with Gasteiger partial charge in [0.2, 0.25) is 10.0 Å². The zero-order chi connectivity index (χ0) is 13.3. The van der Waals surface area contributed by atoms with Crippen LogP contribution in [-0.2, 0) is 14.8 Å². The van der Waals surface area contributed by atoms with Crippen LogP contribution in [0.3, 0.4) is 0 Å². The summed E-state index contributed by atoms with van der Waals surface area (Å²) in [5, 5.41) is 0. The van der Waals surface area contributed by atoms with Crippen LogP contribution in [-0.4, -0.2) is 38.5 Å². The number of nitrogens with two attached hydrogens (primary N) is 1. The fourth-order valence-corrected chi connectivity index (χ4v) is 4.14. The third-order valence-electron chi connectivity index (χ3n) is 3.12. The molecule has 1 aliphatic rings. The molecule has 0 aromatic heterocycles. The summed E-state index contributed by atoms with van der Waals surface area (Å²) in [4.78, 5) is 0.221. The smallest absolute Gasteiger partial charge is 0.245 e. The predicted octanol–water partition coefficient (Wildman–Crippen LogP) is 0.987. The van der Waals surface area contributed by atoms with Gasteiger partial charge in [-0.1, -0.05) is 12.1 Å². The van der Waals surface area contributed by atoms with E-state index in [4.69, 9.17) is 10.5 Å². The van der Waals surface area contributed by atoms with Crippen molar-refractivity contribution >= 4 is 15.7 Å². The minimum Gasteiger partial charge on any atom is -0.398 e. The zero-order valence-electron chi connectivity index (χ0n) is 10.6. The molecule has 100 valence electrons. The van der Waals surface area contributed by atoms with Gasteiger partial charge in [-0.05, 0) is 25.5 Å². The molecule has 1 aromatic rings. The Balaban J connectivity index is 2.48. The third-order valence-corrected chi connectivity index (χ3v) is 5.35. The number of sulfonamides is 1. The lowest BCUT2D eigenvalue weighted by molar-refractivity contribution is 0.0393. The van der Waals surface area contributed by atoms with E-state index in [9.17, 15) is 8.42 Å². The van der Waals surface area contributed by atoms with Gasteiger partial charge < -0.3 is 10.5 Å². The molecule has 2 rings (SSSR count). The maximum Gasteiger partial charge on any atom is 0.245 e. The van der Waals surface area contributed by atoms with Crippen molar-refractivity contribution in [3.05, 3.63) is 23.8 Å². The second kappa shape index (κ2) is 4.87. The molecule has 2 N–H and O–H groups in total. The number of ether oxygens (including phenoxy) is 1. The SMILES string of the molecule is Cc1cccc(N)c1S(=O)(=O)N1CCOC[C@H]1C. The van der Waals surface area contributed by atoms with Crippen molar-refractivity contribution in [2.75, 3.05) is 25.5 Å². The van der Waals surface area contributed by atoms with Crippen molar-refractivity contribution in [2.45, 2.75) is 24.8 Å². The van der Waals surface area contributed by atoms with Crippen LogP contribution in [0.15, 0.2) is 23.1 Å². The minimum atomic E-state index is -3.54. The molecule has 1 saturated heterocycles. The predicted molar refractivity (Wildman–Crippen MR) is 69.8 cm³/mol. The fraction of sp³-hybridized carbons (Fsp3) is 0.500. The van der Waals surface area contributed by atoms with Gasteiger partial charge in [0.15, 0.2) is 0 Å². The standard InChI is InChI=1S/C12H18N2O3S/c1-9-4-3-5-11(13)12(9)18(15,16)14-6-7-17-8-10(14)2/h3-5,10H,6-8,13H2,1-2H3/t10-/m1/s1. The molecular formula is C12H18N2O3S. The number of hydrogen-bond acceptors (Lipinski definition) is 4. The van der Waals surface area contributed by atoms with Crippen molar-refractivity contribution in [3.8, 4) is 0 Å². The van der Waals surface area contributed by atoms with Crippen LogP contribution in [0.4, 0.5) is 5.69 Å². The van der Waals surface area contributed by atoms with Crippen molar-refractivity contribution in [1.82, 2.24) is 4.31 Å². The molecule has 1 aliphatic heterocycles. The summed E-state index contributed by atoms with van der Waals surface area (Å²) in [5.74, 6) is 0. The lowest BCUT2D eigenvalue weighted by Gasteiger charge is -2.32. The highest BCUT2D eigenvalue weighted by Gasteiger charge is 2.33. The number of morpholine rings is 1. The molecule has 0 bridgehead atoms. The average Bonchev–Trinajstić information content (AvgIpc) is 2.28. The summed E-state index contributed by atoms with van der Waals surface area (Å²) in [6, 6.07) is 4.97. The van der Waals surface area contributed by atoms with Crippen molar-refractivity contribution in [3.63, 3.8) is 0 Å². The summed E-state index contributed by atoms with van der Waals surface area (Å²) in [7, 11) is -3.54. The van der Waals surface area contributed by atoms with E-state index in [1.54, 1.807) is 25.1 Å². The molecule has 1 heterocycles. The normalized spacial score (nSPS) is 22.0. The highest BCUT2D eigenvalue weighted by atomic mass is 32.2. The van der Waals surface area contributed by atoms with Gasteiger partial charge >= 0.3 is 0 Å². The summed E-state index contributed by atoms with van der Waals surface area (Å²) < 4.78 is 32.0. The second-order valence-electron chi connectivity index (χ2n) is 4.53. The molecule has 1 atom stereocenters. The van der Waals surface area contributed by atoms with Crippen LogP contribution in [0.25, 0.3) is 0 Å². The highest BCUT2D eigenvalue weighted by Crippen LogP contribution is 2.27. The van der Waals surface area contributed by atoms with E-state index in [0.717, 1.165) is 0 Å². The zero-order valence-corrected chi connectivity index (χ0v) is 11.4. The maximum atomic E-state index is 12.6. The van der Waals surface area contributed by atoms with Crippen LogP contribution in [0.5, 0.6) is 0 Å². The molecule has 0 amide bonds. The van der Waals surface area contributed by atoms with Gasteiger partial charge in [-0.15, -0.1) is 0 Å². The van der Waals surface area contributed by atoms with E-state index in [0.29, 0.717) is 31.0 Å². The van der Waals surface area contributed by atoms with Gasteiger partial charge in [0.05, 0.1) is 18.9 Å². The van der Waals surface area contributed by atoms with Crippen LogP contribution < -0.4 is 5.73 Å². The van der Waals surface area contributed by atoms with Crippen molar-refractivity contribution in [2.24, 2.45) is 0 Å². The molecule has 18 heavy (non-hydrogen) atoms. The first-order chi connectivity index (χ1) is 8.44. The Kier molecular flexibility index (Phi) is 3.61. The van der Waals surface area contributed by atoms with Crippen LogP contribution >= 0.6 is 0 Å². The number of aryl methyl sites for hydroxylation is 1. The van der Waals surface area contributed by atoms with Gasteiger partial charge in [-0.2, -0.15) is 4.31 Å². The third kappa shape index (κ3) is 2.23. The van der Waals surface area contributed by atoms with Gasteiger partial charge in [0, 0.05) is 12.6 Å². The molecule has 0 spiro atoms. The second-order valence-corrected chi connectivity index (χ2v) is 6.36. The Morgan fingerprint density at radius 1 is 1.44 bits per heavy atom. The Labute approximate surface area is 108 Å². The van der Waals surface area contributed by atoms with Crippen molar-refractivity contribution in [1.29, 1.82) is 0 Å². The summed E-state index contributed by atoms with van der Waals surface area (Å²) in [6.45, 7) is 4.82. The quantitative estimate of drug-likeness (QED) is 0.813. The average molecular weight is 270 g/mol. The van der Waals surface area contributed by atoms with Gasteiger partial charge in [-0.25, -0.2) is 8.42 Å². The first kappa shape index (κ1) is 13.3. The summed E-state index contributed by atoms with van der Waals surface area (Å²) in [5.41, 5.74) is 6.80. The molecule has 5 nitrogen and oxygen atoms in total. The largest absolute Gasteiger partial charge is 0.398 e. The number of nitrogens with zero attached hydrogens (tertiary/aromatic N) is 1. The molecule has 0 aliphatic carbocycles. The summed E-state index contributed by atoms with van der Waals surface area (Å²) in [6.07, 6.45) is 0. The molecular weight excluding hydrogens is 252 g/mol. The number of rotatable bonds is 2. The minimum absolute atomic E-state index is 0.164. The molecule has 6 heteroatoms. The van der Waals surface area contributed by atoms with E-state index in [1.807, 2.05) is 6.92 Å². The molecule has 0 saturated carbocycles. The van der Waals surface area contributed by atoms with E-state index in [1.165, 1.54) is 4.31 Å². The Bertz CT molecular complexity index is 522. The van der Waals surface area contributed by atoms with E-state index in [-0.39, 0.29) is 10.9 Å². The monoisotopic (exact) mass is 270 g/mol. The fourth-order valence-electron chi connectivity index (χ4n) is 2.21. The van der Waals surface area contributed by atoms with Crippen LogP contribution in [0, 0.1) is 6.92 Å². The Morgan fingerprint density at radius 3 is 2.78 bits per heavy atom. The number of anilines is 1. The van der Waals surface area contributed by atoms with Crippen LogP contribution in [0.2, 0.25) is 0 Å². The number of nitrogen functional groups attached to an aromatic ring is 1. The molecule has 1 fully saturated rings. The first-order valence-electron chi connectivity index (χ1n) is 5.89. The molecule has 1 aromatic carbocycles. The van der Waals surface area contributed by atoms with Gasteiger partial charge in [0.1, 0.15) is 4.90 Å². The first-order valence-corrected chi connectivity index (χ1v) is 7.33. The van der Waals surface area contributed by atoms with Crippen LogP contribution in [0.1, 0.15) is 12.5 Å². The van der Waals surface area contributed by atoms with E-state index < -0.39 is 10.0 Å². The molecule has 0 radical (unpaired) electrons. The lowest BCUT2D eigenvalue weighted by atomic mass is 10.2. The number of benzene rings is 1. The molecule has 0 unspecified atom stereocenters. The highest BCUT2D eigenvalue weighted by molar-refractivity contribution is 7.89. The van der Waals surface area contributed by atoms with Gasteiger partial charge in [0.25, 0.3) is 0 Å². The maximum absolute atomic E-state index is 12.6. The van der Waals surface area contributed by atoms with E-state index in [2.05, 4.69) is 0 Å². The van der Waals surface area contributed by atoms with Crippen molar-refractivity contribution < 1.29 is 13.2 Å². The topological polar surface area (TPSA) is 72.6 Å². The Morgan fingerprint density at radius 2 is 2.17 bits per heavy atom. The lowest BCUT2D eigenvalue weighted by Crippen LogP contribution is -2.47. The summed E-state index contributed by atoms with van der Waals surface area (Å²) >= 11 is 0.